The highest BCUT2D eigenvalue weighted by Gasteiger charge is 2.40. The number of rotatable bonds is 4. The monoisotopic (exact) mass is 433 g/mol. The number of hydrogen-bond acceptors (Lipinski definition) is 6. The largest absolute Gasteiger partial charge is 0.339 e. The lowest BCUT2D eigenvalue weighted by Gasteiger charge is -2.37. The minimum atomic E-state index is 0. The number of halogens is 2. The van der Waals surface area contributed by atoms with E-state index >= 15 is 0 Å². The Morgan fingerprint density at radius 2 is 1.93 bits per heavy atom. The highest BCUT2D eigenvalue weighted by molar-refractivity contribution is 5.85. The summed E-state index contributed by atoms with van der Waals surface area (Å²) in [6.45, 7) is 7.41. The van der Waals surface area contributed by atoms with Gasteiger partial charge in [-0.1, -0.05) is 24.9 Å². The molecule has 3 fully saturated rings. The summed E-state index contributed by atoms with van der Waals surface area (Å²) in [7, 11) is 0. The van der Waals surface area contributed by atoms with Crippen molar-refractivity contribution in [3.05, 3.63) is 11.7 Å². The number of fused-ring (bicyclic) bond motifs is 1. The number of aryl methyl sites for hydroxylation is 1. The Kier molecular flexibility index (Phi) is 8.55. The fourth-order valence-electron chi connectivity index (χ4n) is 4.80. The fraction of sp³-hybridized carbons (Fsp3) is 0.842. The molecule has 0 bridgehead atoms. The standard InChI is InChI=1S/C19H31N5O2.2ClH/c1-3-17-21-18(26-22-17)13(2)23-8-10-24(11-9-23)19(25)16-12-14-6-4-5-7-15(14)20-16;;/h13-16,20H,3-12H2,1-2H3;2*1H. The Hall–Kier alpha value is -0.890. The zero-order chi connectivity index (χ0) is 18.1. The van der Waals surface area contributed by atoms with E-state index in [9.17, 15) is 4.79 Å². The van der Waals surface area contributed by atoms with Crippen molar-refractivity contribution in [3.63, 3.8) is 0 Å². The van der Waals surface area contributed by atoms with E-state index in [2.05, 4.69) is 27.3 Å². The molecule has 1 N–H and O–H groups in total. The van der Waals surface area contributed by atoms with Gasteiger partial charge in [-0.2, -0.15) is 4.98 Å². The van der Waals surface area contributed by atoms with Gasteiger partial charge in [0.05, 0.1) is 12.1 Å². The number of amides is 1. The molecule has 1 amide bonds. The lowest BCUT2D eigenvalue weighted by molar-refractivity contribution is -0.135. The van der Waals surface area contributed by atoms with Crippen LogP contribution in [-0.2, 0) is 11.2 Å². The number of piperazine rings is 1. The second kappa shape index (κ2) is 10.2. The molecule has 2 aliphatic heterocycles. The highest BCUT2D eigenvalue weighted by Crippen LogP contribution is 2.34. The molecule has 0 radical (unpaired) electrons. The van der Waals surface area contributed by atoms with Crippen LogP contribution >= 0.6 is 24.8 Å². The molecule has 1 aliphatic carbocycles. The van der Waals surface area contributed by atoms with Crippen LogP contribution in [0.3, 0.4) is 0 Å². The average Bonchev–Trinajstić information content (AvgIpc) is 3.33. The maximum absolute atomic E-state index is 12.9. The maximum atomic E-state index is 12.9. The summed E-state index contributed by atoms with van der Waals surface area (Å²) in [4.78, 5) is 21.8. The van der Waals surface area contributed by atoms with Gasteiger partial charge in [0, 0.05) is 38.6 Å². The van der Waals surface area contributed by atoms with Crippen molar-refractivity contribution in [1.82, 2.24) is 25.3 Å². The number of aromatic nitrogens is 2. The van der Waals surface area contributed by atoms with E-state index in [1.54, 1.807) is 0 Å². The first-order valence-corrected chi connectivity index (χ1v) is 10.3. The van der Waals surface area contributed by atoms with Crippen molar-refractivity contribution in [1.29, 1.82) is 0 Å². The molecule has 2 saturated heterocycles. The topological polar surface area (TPSA) is 74.5 Å². The molecular weight excluding hydrogens is 401 g/mol. The SMILES string of the molecule is CCc1noc(C(C)N2CCN(C(=O)C3CC4CCCCC4N3)CC2)n1.Cl.Cl. The van der Waals surface area contributed by atoms with Crippen molar-refractivity contribution < 1.29 is 9.32 Å². The summed E-state index contributed by atoms with van der Waals surface area (Å²) in [6, 6.07) is 0.715. The molecule has 9 heteroatoms. The van der Waals surface area contributed by atoms with Crippen LogP contribution in [0.15, 0.2) is 4.52 Å². The minimum absolute atomic E-state index is 0. The predicted octanol–water partition coefficient (Wildman–Crippen LogP) is 2.60. The molecule has 28 heavy (non-hydrogen) atoms. The van der Waals surface area contributed by atoms with Crippen molar-refractivity contribution >= 4 is 30.7 Å². The van der Waals surface area contributed by atoms with Crippen LogP contribution in [0.4, 0.5) is 0 Å². The van der Waals surface area contributed by atoms with Crippen molar-refractivity contribution in [2.75, 3.05) is 26.2 Å². The molecule has 1 aromatic rings. The Balaban J connectivity index is 0.00000140. The first-order chi connectivity index (χ1) is 12.7. The Morgan fingerprint density at radius 1 is 1.21 bits per heavy atom. The fourth-order valence-corrected chi connectivity index (χ4v) is 4.80. The van der Waals surface area contributed by atoms with Crippen molar-refractivity contribution in [2.24, 2.45) is 5.92 Å². The van der Waals surface area contributed by atoms with Gasteiger partial charge in [-0.25, -0.2) is 0 Å². The second-order valence-corrected chi connectivity index (χ2v) is 8.05. The molecule has 3 aliphatic rings. The van der Waals surface area contributed by atoms with Crippen LogP contribution in [-0.4, -0.2) is 64.1 Å². The van der Waals surface area contributed by atoms with E-state index in [0.29, 0.717) is 23.8 Å². The number of nitrogens with one attached hydrogen (secondary N) is 1. The Bertz CT molecular complexity index is 622. The van der Waals surface area contributed by atoms with Gasteiger partial charge in [-0.05, 0) is 32.1 Å². The zero-order valence-electron chi connectivity index (χ0n) is 16.8. The summed E-state index contributed by atoms with van der Waals surface area (Å²) >= 11 is 0. The van der Waals surface area contributed by atoms with Crippen LogP contribution in [0.25, 0.3) is 0 Å². The molecule has 1 saturated carbocycles. The third kappa shape index (κ3) is 4.81. The molecule has 4 atom stereocenters. The summed E-state index contributed by atoms with van der Waals surface area (Å²) in [5.41, 5.74) is 0. The van der Waals surface area contributed by atoms with Gasteiger partial charge in [-0.3, -0.25) is 9.69 Å². The molecule has 160 valence electrons. The van der Waals surface area contributed by atoms with Crippen LogP contribution in [0, 0.1) is 5.92 Å². The zero-order valence-corrected chi connectivity index (χ0v) is 18.4. The third-order valence-electron chi connectivity index (χ3n) is 6.49. The van der Waals surface area contributed by atoms with Crippen LogP contribution in [0.2, 0.25) is 0 Å². The van der Waals surface area contributed by atoms with Gasteiger partial charge in [0.1, 0.15) is 0 Å². The second-order valence-electron chi connectivity index (χ2n) is 8.05. The van der Waals surface area contributed by atoms with Crippen molar-refractivity contribution in [2.45, 2.75) is 70.5 Å². The lowest BCUT2D eigenvalue weighted by atomic mass is 9.85. The molecule has 0 aromatic carbocycles. The van der Waals surface area contributed by atoms with Crippen LogP contribution in [0.1, 0.15) is 63.7 Å². The molecule has 3 heterocycles. The summed E-state index contributed by atoms with van der Waals surface area (Å²) in [5.74, 6) is 2.46. The van der Waals surface area contributed by atoms with Gasteiger partial charge in [0.2, 0.25) is 11.8 Å². The molecule has 1 aromatic heterocycles. The first kappa shape index (κ1) is 23.4. The number of carbonyl (C=O) groups is 1. The van der Waals surface area contributed by atoms with E-state index in [4.69, 9.17) is 4.52 Å². The summed E-state index contributed by atoms with van der Waals surface area (Å²) < 4.78 is 5.39. The molecule has 0 spiro atoms. The predicted molar refractivity (Wildman–Crippen MR) is 112 cm³/mol. The first-order valence-electron chi connectivity index (χ1n) is 10.3. The van der Waals surface area contributed by atoms with Crippen LogP contribution in [0.5, 0.6) is 0 Å². The van der Waals surface area contributed by atoms with Gasteiger partial charge < -0.3 is 14.7 Å². The minimum Gasteiger partial charge on any atom is -0.339 e. The van der Waals surface area contributed by atoms with Gasteiger partial charge in [0.25, 0.3) is 0 Å². The molecule has 4 unspecified atom stereocenters. The van der Waals surface area contributed by atoms with E-state index in [0.717, 1.165) is 44.8 Å². The number of carbonyl (C=O) groups excluding carboxylic acids is 1. The van der Waals surface area contributed by atoms with E-state index in [1.807, 2.05) is 11.8 Å². The van der Waals surface area contributed by atoms with Gasteiger partial charge in [0.15, 0.2) is 5.82 Å². The Labute approximate surface area is 179 Å². The lowest BCUT2D eigenvalue weighted by Crippen LogP contribution is -2.53. The van der Waals surface area contributed by atoms with E-state index < -0.39 is 0 Å². The van der Waals surface area contributed by atoms with Gasteiger partial charge >= 0.3 is 0 Å². The van der Waals surface area contributed by atoms with Gasteiger partial charge in [-0.15, -0.1) is 24.8 Å². The van der Waals surface area contributed by atoms with Crippen LogP contribution < -0.4 is 5.32 Å². The van der Waals surface area contributed by atoms with Crippen molar-refractivity contribution in [3.8, 4) is 0 Å². The Morgan fingerprint density at radius 3 is 2.57 bits per heavy atom. The van der Waals surface area contributed by atoms with E-state index in [-0.39, 0.29) is 36.9 Å². The smallest absolute Gasteiger partial charge is 0.243 e. The number of nitrogens with zero attached hydrogens (tertiary/aromatic N) is 4. The third-order valence-corrected chi connectivity index (χ3v) is 6.49. The number of hydrogen-bond donors (Lipinski definition) is 1. The summed E-state index contributed by atoms with van der Waals surface area (Å²) in [5, 5.41) is 7.62. The molecular formula is C19H33Cl2N5O2. The van der Waals surface area contributed by atoms with E-state index in [1.165, 1.54) is 25.7 Å². The highest BCUT2D eigenvalue weighted by atomic mass is 35.5. The molecule has 4 rings (SSSR count). The molecule has 7 nitrogen and oxygen atoms in total. The maximum Gasteiger partial charge on any atom is 0.243 e. The average molecular weight is 434 g/mol. The summed E-state index contributed by atoms with van der Waals surface area (Å²) in [6.07, 6.45) is 6.98. The normalized spacial score (nSPS) is 28.8. The quantitative estimate of drug-likeness (QED) is 0.786.